The molecule has 1 unspecified atom stereocenters. The maximum absolute atomic E-state index is 14.3. The van der Waals surface area contributed by atoms with E-state index in [1.165, 1.54) is 12.1 Å². The van der Waals surface area contributed by atoms with E-state index in [0.29, 0.717) is 75.4 Å². The Balaban J connectivity index is 0.899. The number of anilines is 2. The molecule has 0 radical (unpaired) electrons. The second-order valence-electron chi connectivity index (χ2n) is 16.2. The van der Waals surface area contributed by atoms with Gasteiger partial charge >= 0.3 is 6.18 Å². The zero-order chi connectivity index (χ0) is 41.6. The third-order valence-corrected chi connectivity index (χ3v) is 12.5. The van der Waals surface area contributed by atoms with Crippen LogP contribution in [-0.2, 0) is 34.2 Å². The Bertz CT molecular complexity index is 2330. The van der Waals surface area contributed by atoms with E-state index in [2.05, 4.69) is 20.5 Å². The number of rotatable bonds is 10. The van der Waals surface area contributed by atoms with Crippen molar-refractivity contribution in [1.82, 2.24) is 24.7 Å². The molecule has 2 aromatic heterocycles. The van der Waals surface area contributed by atoms with E-state index in [1.54, 1.807) is 43.1 Å². The summed E-state index contributed by atoms with van der Waals surface area (Å²) < 4.78 is 56.4. The van der Waals surface area contributed by atoms with Gasteiger partial charge in [-0.1, -0.05) is 0 Å². The number of fused-ring (bicyclic) bond motifs is 1. The molecule has 1 saturated carbocycles. The fraction of sp³-hybridized carbons (Fsp3) is 0.465. The molecule has 3 aliphatic heterocycles. The van der Waals surface area contributed by atoms with E-state index in [1.807, 2.05) is 29.3 Å². The summed E-state index contributed by atoms with van der Waals surface area (Å²) in [4.78, 5) is 60.6. The van der Waals surface area contributed by atoms with Gasteiger partial charge in [0.05, 0.1) is 30.7 Å². The summed E-state index contributed by atoms with van der Waals surface area (Å²) in [5, 5.41) is 6.38. The van der Waals surface area contributed by atoms with E-state index in [9.17, 15) is 32.3 Å². The maximum atomic E-state index is 14.3. The molecular formula is C43H48F3N7O6. The molecule has 4 aromatic rings. The number of imide groups is 1. The van der Waals surface area contributed by atoms with Crippen LogP contribution in [0.25, 0.3) is 21.9 Å². The topological polar surface area (TPSA) is 138 Å². The van der Waals surface area contributed by atoms with Gasteiger partial charge in [-0.2, -0.15) is 13.2 Å². The number of aryl methyl sites for hydroxylation is 1. The number of aromatic nitrogens is 2. The van der Waals surface area contributed by atoms with Crippen molar-refractivity contribution in [2.75, 3.05) is 57.2 Å². The number of piperazine rings is 1. The molecule has 4 aliphatic rings. The van der Waals surface area contributed by atoms with Gasteiger partial charge < -0.3 is 29.2 Å². The van der Waals surface area contributed by atoms with Crippen LogP contribution in [0.2, 0.25) is 0 Å². The number of carbonyl (C=O) groups is 3. The number of hydrogen-bond acceptors (Lipinski definition) is 10. The molecule has 5 heterocycles. The fourth-order valence-corrected chi connectivity index (χ4v) is 9.03. The van der Waals surface area contributed by atoms with E-state index < -0.39 is 29.6 Å². The highest BCUT2D eigenvalue weighted by Crippen LogP contribution is 2.47. The average molecular weight is 816 g/mol. The highest BCUT2D eigenvalue weighted by molar-refractivity contribution is 6.01. The van der Waals surface area contributed by atoms with Gasteiger partial charge in [0.2, 0.25) is 17.7 Å². The number of pyridine rings is 2. The molecule has 1 aliphatic carbocycles. The molecule has 3 amide bonds. The number of nitrogens with one attached hydrogen (secondary N) is 2. The zero-order valence-corrected chi connectivity index (χ0v) is 33.4. The molecule has 59 heavy (non-hydrogen) atoms. The average Bonchev–Trinajstić information content (AvgIpc) is 4.00. The van der Waals surface area contributed by atoms with Crippen molar-refractivity contribution < 1.29 is 37.0 Å². The Hall–Kier alpha value is -5.64. The predicted molar refractivity (Wildman–Crippen MR) is 215 cm³/mol. The van der Waals surface area contributed by atoms with Gasteiger partial charge in [0.1, 0.15) is 17.5 Å². The lowest BCUT2D eigenvalue weighted by Gasteiger charge is -2.43. The van der Waals surface area contributed by atoms with Crippen LogP contribution in [0.1, 0.15) is 56.1 Å². The lowest BCUT2D eigenvalue weighted by Crippen LogP contribution is -2.56. The Kier molecular flexibility index (Phi) is 10.8. The molecule has 1 spiro atoms. The summed E-state index contributed by atoms with van der Waals surface area (Å²) in [6.07, 6.45) is 4.20. The van der Waals surface area contributed by atoms with Crippen LogP contribution in [-0.4, -0.2) is 95.6 Å². The minimum atomic E-state index is -4.62. The van der Waals surface area contributed by atoms with Crippen LogP contribution in [0.5, 0.6) is 11.5 Å². The van der Waals surface area contributed by atoms with Crippen LogP contribution >= 0.6 is 0 Å². The highest BCUT2D eigenvalue weighted by atomic mass is 19.4. The van der Waals surface area contributed by atoms with Crippen molar-refractivity contribution in [3.05, 3.63) is 76.5 Å². The smallest absolute Gasteiger partial charge is 0.418 e. The summed E-state index contributed by atoms with van der Waals surface area (Å²) in [6, 6.07) is 8.98. The monoisotopic (exact) mass is 815 g/mol. The molecule has 1 atom stereocenters. The van der Waals surface area contributed by atoms with Crippen molar-refractivity contribution in [2.45, 2.75) is 69.2 Å². The number of ether oxygens (including phenoxy) is 2. The second kappa shape index (κ2) is 15.8. The summed E-state index contributed by atoms with van der Waals surface area (Å²) in [6.45, 7) is 3.19. The first-order valence-corrected chi connectivity index (χ1v) is 20.0. The van der Waals surface area contributed by atoms with Crippen LogP contribution in [0.3, 0.4) is 0 Å². The molecular weight excluding hydrogens is 768 g/mol. The summed E-state index contributed by atoms with van der Waals surface area (Å²) in [5.74, 6) is 0.512. The zero-order valence-electron chi connectivity index (χ0n) is 33.4. The lowest BCUT2D eigenvalue weighted by atomic mass is 9.91. The van der Waals surface area contributed by atoms with E-state index in [-0.39, 0.29) is 47.1 Å². The number of methoxy groups -OCH3 is 2. The largest absolute Gasteiger partial charge is 0.496 e. The van der Waals surface area contributed by atoms with Crippen molar-refractivity contribution in [2.24, 2.45) is 13.0 Å². The Labute approximate surface area is 339 Å². The number of benzene rings is 2. The van der Waals surface area contributed by atoms with Gasteiger partial charge in [0.25, 0.3) is 5.56 Å². The van der Waals surface area contributed by atoms with E-state index in [4.69, 9.17) is 9.47 Å². The third-order valence-electron chi connectivity index (χ3n) is 12.5. The quantitative estimate of drug-likeness (QED) is 0.202. The standard InChI is InChI=1S/C43H48F3N7O6/c1-50-23-31(29-8-13-47-22-30(29)41(50)57)27-19-36(58-2)32(37(20-27)59-3)24-53-17-16-52(25-42(53)11-12-42)39(55)18-26-9-14-51(15-10-26)35-6-4-28(21-33(35)43(44,45)46)48-34-5-7-38(54)49-40(34)56/h4,6,8,13,19-23,26,34,48H,5,7,9-12,14-18,24-25H2,1-3H3,(H,49,54,56). The minimum Gasteiger partial charge on any atom is -0.496 e. The molecule has 2 N–H and O–H groups in total. The SMILES string of the molecule is COc1cc(-c2cn(C)c(=O)c3cnccc23)cc(OC)c1CN1CCN(C(=O)CC2CCN(c3ccc(NC4CCC(=O)NC4=O)cc3C(F)(F)F)CC2)CC12CC2. The van der Waals surface area contributed by atoms with Gasteiger partial charge in [-0.3, -0.25) is 34.4 Å². The molecule has 13 nitrogen and oxygen atoms in total. The fourth-order valence-electron chi connectivity index (χ4n) is 9.03. The first kappa shape index (κ1) is 40.2. The Morgan fingerprint density at radius 2 is 1.69 bits per heavy atom. The van der Waals surface area contributed by atoms with Gasteiger partial charge in [-0.15, -0.1) is 0 Å². The first-order chi connectivity index (χ1) is 28.3. The molecule has 2 aromatic carbocycles. The summed E-state index contributed by atoms with van der Waals surface area (Å²) in [5.41, 5.74) is 1.75. The van der Waals surface area contributed by atoms with Gasteiger partial charge in [-0.25, -0.2) is 0 Å². The van der Waals surface area contributed by atoms with Crippen LogP contribution in [0, 0.1) is 5.92 Å². The normalized spacial score (nSPS) is 19.9. The Morgan fingerprint density at radius 1 is 0.966 bits per heavy atom. The van der Waals surface area contributed by atoms with Crippen molar-refractivity contribution >= 4 is 39.9 Å². The summed E-state index contributed by atoms with van der Waals surface area (Å²) in [7, 11) is 4.98. The third kappa shape index (κ3) is 8.06. The van der Waals surface area contributed by atoms with Crippen LogP contribution in [0.15, 0.2) is 59.8 Å². The molecule has 312 valence electrons. The summed E-state index contributed by atoms with van der Waals surface area (Å²) >= 11 is 0. The van der Waals surface area contributed by atoms with E-state index >= 15 is 0 Å². The van der Waals surface area contributed by atoms with Gasteiger partial charge in [-0.05, 0) is 85.4 Å². The molecule has 4 fully saturated rings. The highest BCUT2D eigenvalue weighted by Gasteiger charge is 2.52. The number of piperidine rings is 2. The number of halogens is 3. The molecule has 16 heteroatoms. The number of alkyl halides is 3. The number of carbonyl (C=O) groups excluding carboxylic acids is 3. The number of nitrogens with zero attached hydrogens (tertiary/aromatic N) is 5. The predicted octanol–water partition coefficient (Wildman–Crippen LogP) is 5.34. The first-order valence-electron chi connectivity index (χ1n) is 20.0. The Morgan fingerprint density at radius 3 is 2.36 bits per heavy atom. The minimum absolute atomic E-state index is 0.0576. The number of hydrogen-bond donors (Lipinski definition) is 2. The van der Waals surface area contributed by atoms with Gasteiger partial charge in [0, 0.05) is 100 Å². The second-order valence-corrected chi connectivity index (χ2v) is 16.2. The molecule has 3 saturated heterocycles. The molecule has 0 bridgehead atoms. The lowest BCUT2D eigenvalue weighted by molar-refractivity contribution is -0.137. The van der Waals surface area contributed by atoms with Crippen LogP contribution < -0.4 is 30.6 Å². The maximum Gasteiger partial charge on any atom is 0.418 e. The van der Waals surface area contributed by atoms with Crippen molar-refractivity contribution in [3.8, 4) is 22.6 Å². The number of amides is 3. The van der Waals surface area contributed by atoms with Crippen molar-refractivity contribution in [1.29, 1.82) is 0 Å². The molecule has 8 rings (SSSR count). The van der Waals surface area contributed by atoms with Crippen molar-refractivity contribution in [3.63, 3.8) is 0 Å². The van der Waals surface area contributed by atoms with Gasteiger partial charge in [0.15, 0.2) is 0 Å². The van der Waals surface area contributed by atoms with E-state index in [0.717, 1.165) is 41.0 Å². The van der Waals surface area contributed by atoms with Crippen LogP contribution in [0.4, 0.5) is 24.5 Å².